The zero-order valence-electron chi connectivity index (χ0n) is 13.7. The highest BCUT2D eigenvalue weighted by molar-refractivity contribution is 5.46. The fourth-order valence-electron chi connectivity index (χ4n) is 3.11. The van der Waals surface area contributed by atoms with Crippen LogP contribution in [0.4, 0.5) is 5.69 Å². The van der Waals surface area contributed by atoms with E-state index in [1.807, 2.05) is 18.5 Å². The lowest BCUT2D eigenvalue weighted by Gasteiger charge is -2.29. The summed E-state index contributed by atoms with van der Waals surface area (Å²) in [5.41, 5.74) is 8.45. The molecule has 0 radical (unpaired) electrons. The van der Waals surface area contributed by atoms with Crippen LogP contribution in [-0.2, 0) is 6.54 Å². The van der Waals surface area contributed by atoms with Gasteiger partial charge in [-0.2, -0.15) is 5.10 Å². The second kappa shape index (κ2) is 6.77. The van der Waals surface area contributed by atoms with Crippen molar-refractivity contribution in [1.29, 1.82) is 0 Å². The largest absolute Gasteiger partial charge is 0.396 e. The van der Waals surface area contributed by atoms with Crippen molar-refractivity contribution in [3.63, 3.8) is 0 Å². The zero-order valence-corrected chi connectivity index (χ0v) is 13.7. The van der Waals surface area contributed by atoms with E-state index in [2.05, 4.69) is 28.9 Å². The molecular weight excluding hydrogens is 266 g/mol. The summed E-state index contributed by atoms with van der Waals surface area (Å²) in [6.07, 6.45) is 0.730. The molecule has 1 fully saturated rings. The van der Waals surface area contributed by atoms with Crippen LogP contribution in [0.1, 0.15) is 24.7 Å². The summed E-state index contributed by atoms with van der Waals surface area (Å²) in [5, 5.41) is 14.8. The molecule has 120 valence electrons. The van der Waals surface area contributed by atoms with Gasteiger partial charge in [-0.15, -0.1) is 0 Å². The van der Waals surface area contributed by atoms with E-state index in [9.17, 15) is 5.11 Å². The Kier molecular flexibility index (Phi) is 5.24. The minimum Gasteiger partial charge on any atom is -0.396 e. The molecule has 1 saturated heterocycles. The molecule has 21 heavy (non-hydrogen) atoms. The van der Waals surface area contributed by atoms with Crippen LogP contribution in [0.5, 0.6) is 0 Å². The van der Waals surface area contributed by atoms with Crippen LogP contribution in [0.2, 0.25) is 0 Å². The number of likely N-dealkylation sites (N-methyl/N-ethyl adjacent to an activating group) is 1. The molecule has 1 aromatic rings. The molecule has 0 bridgehead atoms. The third-order valence-corrected chi connectivity index (χ3v) is 4.45. The molecule has 6 heteroatoms. The average Bonchev–Trinajstić information content (AvgIpc) is 2.57. The van der Waals surface area contributed by atoms with Gasteiger partial charge < -0.3 is 15.7 Å². The second-order valence-electron chi connectivity index (χ2n) is 6.38. The number of nitrogen functional groups attached to an aromatic ring is 1. The first-order valence-electron chi connectivity index (χ1n) is 7.78. The molecule has 0 amide bonds. The molecule has 2 rings (SSSR count). The number of nitrogens with zero attached hydrogens (tertiary/aromatic N) is 4. The molecule has 2 atom stereocenters. The van der Waals surface area contributed by atoms with Crippen molar-refractivity contribution in [1.82, 2.24) is 19.6 Å². The normalized spacial score (nSPS) is 23.2. The third-order valence-electron chi connectivity index (χ3n) is 4.45. The van der Waals surface area contributed by atoms with Crippen LogP contribution in [-0.4, -0.2) is 70.1 Å². The number of anilines is 1. The summed E-state index contributed by atoms with van der Waals surface area (Å²) in [4.78, 5) is 4.74. The van der Waals surface area contributed by atoms with Crippen LogP contribution < -0.4 is 5.73 Å². The van der Waals surface area contributed by atoms with E-state index in [1.165, 1.54) is 0 Å². The molecule has 0 aromatic carbocycles. The predicted molar refractivity (Wildman–Crippen MR) is 85.3 cm³/mol. The van der Waals surface area contributed by atoms with E-state index < -0.39 is 6.10 Å². The summed E-state index contributed by atoms with van der Waals surface area (Å²) >= 11 is 0. The minimum absolute atomic E-state index is 0.423. The first-order chi connectivity index (χ1) is 9.88. The monoisotopic (exact) mass is 295 g/mol. The highest BCUT2D eigenvalue weighted by Crippen LogP contribution is 2.16. The summed E-state index contributed by atoms with van der Waals surface area (Å²) in [6.45, 7) is 10.5. The lowest BCUT2D eigenvalue weighted by molar-refractivity contribution is 0.0771. The number of hydrogen-bond acceptors (Lipinski definition) is 5. The van der Waals surface area contributed by atoms with Crippen molar-refractivity contribution in [2.24, 2.45) is 0 Å². The number of aliphatic hydroxyl groups is 1. The molecule has 2 unspecified atom stereocenters. The highest BCUT2D eigenvalue weighted by Gasteiger charge is 2.22. The van der Waals surface area contributed by atoms with E-state index in [4.69, 9.17) is 5.73 Å². The van der Waals surface area contributed by atoms with Crippen molar-refractivity contribution in [2.45, 2.75) is 45.9 Å². The maximum Gasteiger partial charge on any atom is 0.0862 e. The summed E-state index contributed by atoms with van der Waals surface area (Å²) in [6, 6.07) is 0.470. The van der Waals surface area contributed by atoms with Crippen molar-refractivity contribution >= 4 is 5.69 Å². The van der Waals surface area contributed by atoms with E-state index >= 15 is 0 Å². The van der Waals surface area contributed by atoms with Gasteiger partial charge in [-0.05, 0) is 47.3 Å². The van der Waals surface area contributed by atoms with Gasteiger partial charge in [-0.3, -0.25) is 9.58 Å². The molecule has 3 N–H and O–H groups in total. The Morgan fingerprint density at radius 3 is 2.67 bits per heavy atom. The Balaban J connectivity index is 1.94. The first-order valence-corrected chi connectivity index (χ1v) is 7.78. The van der Waals surface area contributed by atoms with Gasteiger partial charge in [0.1, 0.15) is 0 Å². The topological polar surface area (TPSA) is 70.5 Å². The molecule has 0 saturated carbocycles. The smallest absolute Gasteiger partial charge is 0.0862 e. The Bertz CT molecular complexity index is 473. The molecule has 0 aliphatic carbocycles. The number of β-amino-alcohol motifs (C(OH)–C–C–N with tert-alkyl or cyclic N) is 1. The lowest BCUT2D eigenvalue weighted by Crippen LogP contribution is -2.43. The molecule has 1 aliphatic heterocycles. The van der Waals surface area contributed by atoms with Crippen LogP contribution in [0.3, 0.4) is 0 Å². The lowest BCUT2D eigenvalue weighted by atomic mass is 10.2. The van der Waals surface area contributed by atoms with Gasteiger partial charge in [0, 0.05) is 19.1 Å². The van der Waals surface area contributed by atoms with E-state index in [0.29, 0.717) is 19.1 Å². The fourth-order valence-corrected chi connectivity index (χ4v) is 3.11. The molecular formula is C15H29N5O. The maximum atomic E-state index is 10.4. The SMILES string of the molecule is Cc1nn(CC(O)CN2CCCN(C)CC2C)c(C)c1N. The number of nitrogens with two attached hydrogens (primary N) is 1. The quantitative estimate of drug-likeness (QED) is 0.845. The third kappa shape index (κ3) is 3.96. The summed E-state index contributed by atoms with van der Waals surface area (Å²) < 4.78 is 1.82. The standard InChI is InChI=1S/C15H29N5O/c1-11-8-18(4)6-5-7-19(11)9-14(21)10-20-13(3)15(16)12(2)17-20/h11,14,21H,5-10,16H2,1-4H3. The maximum absolute atomic E-state index is 10.4. The number of aryl methyl sites for hydroxylation is 1. The Morgan fingerprint density at radius 2 is 2.05 bits per heavy atom. The second-order valence-corrected chi connectivity index (χ2v) is 6.38. The zero-order chi connectivity index (χ0) is 15.6. The molecule has 1 aromatic heterocycles. The van der Waals surface area contributed by atoms with Crippen LogP contribution in [0, 0.1) is 13.8 Å². The molecule has 1 aliphatic rings. The van der Waals surface area contributed by atoms with Gasteiger partial charge in [0.25, 0.3) is 0 Å². The van der Waals surface area contributed by atoms with Gasteiger partial charge in [-0.25, -0.2) is 0 Å². The van der Waals surface area contributed by atoms with Gasteiger partial charge in [0.05, 0.1) is 29.7 Å². The van der Waals surface area contributed by atoms with Crippen LogP contribution in [0.25, 0.3) is 0 Å². The Hall–Kier alpha value is -1.11. The number of aromatic nitrogens is 2. The summed E-state index contributed by atoms with van der Waals surface area (Å²) in [5.74, 6) is 0. The predicted octanol–water partition coefficient (Wildman–Crippen LogP) is 0.469. The van der Waals surface area contributed by atoms with Gasteiger partial charge in [0.15, 0.2) is 0 Å². The number of hydrogen-bond donors (Lipinski definition) is 2. The average molecular weight is 295 g/mol. The summed E-state index contributed by atoms with van der Waals surface area (Å²) in [7, 11) is 2.16. The molecule has 6 nitrogen and oxygen atoms in total. The van der Waals surface area contributed by atoms with E-state index in [1.54, 1.807) is 0 Å². The first kappa shape index (κ1) is 16.3. The van der Waals surface area contributed by atoms with Crippen molar-refractivity contribution < 1.29 is 5.11 Å². The fraction of sp³-hybridized carbons (Fsp3) is 0.800. The highest BCUT2D eigenvalue weighted by atomic mass is 16.3. The van der Waals surface area contributed by atoms with Gasteiger partial charge in [0.2, 0.25) is 0 Å². The van der Waals surface area contributed by atoms with Crippen molar-refractivity contribution in [3.05, 3.63) is 11.4 Å². The van der Waals surface area contributed by atoms with Crippen LogP contribution >= 0.6 is 0 Å². The molecule has 2 heterocycles. The van der Waals surface area contributed by atoms with Crippen LogP contribution in [0.15, 0.2) is 0 Å². The Morgan fingerprint density at radius 1 is 1.33 bits per heavy atom. The number of aliphatic hydroxyl groups excluding tert-OH is 1. The number of rotatable bonds is 4. The van der Waals surface area contributed by atoms with Crippen molar-refractivity contribution in [2.75, 3.05) is 39.0 Å². The Labute approximate surface area is 127 Å². The van der Waals surface area contributed by atoms with E-state index in [-0.39, 0.29) is 0 Å². The molecule has 0 spiro atoms. The minimum atomic E-state index is -0.423. The van der Waals surface area contributed by atoms with Gasteiger partial charge >= 0.3 is 0 Å². The van der Waals surface area contributed by atoms with Crippen molar-refractivity contribution in [3.8, 4) is 0 Å². The van der Waals surface area contributed by atoms with Gasteiger partial charge in [-0.1, -0.05) is 0 Å². The van der Waals surface area contributed by atoms with E-state index in [0.717, 1.165) is 43.1 Å².